The molecule has 0 aromatic rings. The van der Waals surface area contributed by atoms with E-state index in [2.05, 4.69) is 10.2 Å². The SMILES string of the molecule is CN(C1CCN(CC(=O)NC23CC4CC(CC(C4)C2)C3)CC1)S(C)(=O)=O. The third kappa shape index (κ3) is 3.80. The van der Waals surface area contributed by atoms with Crippen LogP contribution >= 0.6 is 0 Å². The first-order valence-electron chi connectivity index (χ1n) is 10.2. The molecule has 5 aliphatic rings. The van der Waals surface area contributed by atoms with E-state index < -0.39 is 10.0 Å². The smallest absolute Gasteiger partial charge is 0.234 e. The quantitative estimate of drug-likeness (QED) is 0.780. The van der Waals surface area contributed by atoms with Gasteiger partial charge in [0.25, 0.3) is 0 Å². The van der Waals surface area contributed by atoms with E-state index >= 15 is 0 Å². The second-order valence-electron chi connectivity index (χ2n) is 9.53. The van der Waals surface area contributed by atoms with Crippen molar-refractivity contribution < 1.29 is 13.2 Å². The highest BCUT2D eigenvalue weighted by atomic mass is 32.2. The van der Waals surface area contributed by atoms with Crippen molar-refractivity contribution in [2.75, 3.05) is 32.9 Å². The molecule has 1 aliphatic heterocycles. The number of rotatable bonds is 5. The van der Waals surface area contributed by atoms with Crippen LogP contribution in [0.3, 0.4) is 0 Å². The number of carbonyl (C=O) groups excluding carboxylic acids is 1. The number of carbonyl (C=O) groups is 1. The number of piperidine rings is 1. The summed E-state index contributed by atoms with van der Waals surface area (Å²) in [6.45, 7) is 2.04. The molecule has 4 bridgehead atoms. The van der Waals surface area contributed by atoms with Crippen LogP contribution in [-0.4, -0.2) is 68.0 Å². The highest BCUT2D eigenvalue weighted by Gasteiger charge is 2.51. The van der Waals surface area contributed by atoms with E-state index in [-0.39, 0.29) is 17.5 Å². The standard InChI is InChI=1S/C19H33N3O3S/c1-21(26(2,24)25)17-3-5-22(6-4-17)13-18(23)20-19-10-14-7-15(11-19)9-16(8-14)12-19/h14-17H,3-13H2,1-2H3,(H,20,23). The first-order valence-corrected chi connectivity index (χ1v) is 12.0. The Morgan fingerprint density at radius 3 is 2.04 bits per heavy atom. The Hall–Kier alpha value is -0.660. The van der Waals surface area contributed by atoms with Crippen LogP contribution in [0, 0.1) is 17.8 Å². The molecule has 1 amide bonds. The number of likely N-dealkylation sites (tertiary alicyclic amines) is 1. The average Bonchev–Trinajstić information content (AvgIpc) is 2.52. The molecule has 1 heterocycles. The molecule has 1 N–H and O–H groups in total. The largest absolute Gasteiger partial charge is 0.350 e. The third-order valence-electron chi connectivity index (χ3n) is 7.40. The number of sulfonamides is 1. The molecule has 0 aromatic heterocycles. The normalized spacial score (nSPS) is 38.0. The Morgan fingerprint density at radius 2 is 1.58 bits per heavy atom. The van der Waals surface area contributed by atoms with Crippen molar-refractivity contribution in [3.05, 3.63) is 0 Å². The second-order valence-corrected chi connectivity index (χ2v) is 11.6. The molecular weight excluding hydrogens is 350 g/mol. The van der Waals surface area contributed by atoms with E-state index in [1.807, 2.05) is 0 Å². The van der Waals surface area contributed by atoms with Crippen molar-refractivity contribution in [3.8, 4) is 0 Å². The van der Waals surface area contributed by atoms with Gasteiger partial charge in [0.05, 0.1) is 12.8 Å². The summed E-state index contributed by atoms with van der Waals surface area (Å²) in [7, 11) is -1.48. The van der Waals surface area contributed by atoms with E-state index in [0.717, 1.165) is 43.7 Å². The highest BCUT2D eigenvalue weighted by molar-refractivity contribution is 7.88. The second kappa shape index (κ2) is 6.74. The van der Waals surface area contributed by atoms with Gasteiger partial charge in [0.1, 0.15) is 0 Å². The first kappa shape index (κ1) is 18.7. The van der Waals surface area contributed by atoms with Crippen LogP contribution in [0.1, 0.15) is 51.4 Å². The first-order chi connectivity index (χ1) is 12.2. The zero-order valence-corrected chi connectivity index (χ0v) is 16.9. The van der Waals surface area contributed by atoms with Crippen LogP contribution in [0.25, 0.3) is 0 Å². The zero-order chi connectivity index (χ0) is 18.5. The van der Waals surface area contributed by atoms with Gasteiger partial charge < -0.3 is 5.32 Å². The molecule has 0 aromatic carbocycles. The van der Waals surface area contributed by atoms with Gasteiger partial charge in [0.15, 0.2) is 0 Å². The molecule has 5 fully saturated rings. The lowest BCUT2D eigenvalue weighted by Crippen LogP contribution is -2.61. The summed E-state index contributed by atoms with van der Waals surface area (Å²) in [5.74, 6) is 2.68. The molecule has 1 saturated heterocycles. The van der Waals surface area contributed by atoms with Gasteiger partial charge >= 0.3 is 0 Å². The molecule has 0 spiro atoms. The summed E-state index contributed by atoms with van der Waals surface area (Å²) in [4.78, 5) is 14.9. The van der Waals surface area contributed by atoms with Gasteiger partial charge in [-0.3, -0.25) is 9.69 Å². The minimum Gasteiger partial charge on any atom is -0.350 e. The van der Waals surface area contributed by atoms with Gasteiger partial charge in [-0.1, -0.05) is 0 Å². The molecule has 4 aliphatic carbocycles. The van der Waals surface area contributed by atoms with Gasteiger partial charge in [-0.15, -0.1) is 0 Å². The molecule has 148 valence electrons. The average molecular weight is 384 g/mol. The van der Waals surface area contributed by atoms with E-state index in [1.54, 1.807) is 7.05 Å². The number of nitrogens with one attached hydrogen (secondary N) is 1. The Morgan fingerprint density at radius 1 is 1.08 bits per heavy atom. The van der Waals surface area contributed by atoms with Crippen LogP contribution in [0.5, 0.6) is 0 Å². The van der Waals surface area contributed by atoms with Crippen molar-refractivity contribution >= 4 is 15.9 Å². The fourth-order valence-electron chi connectivity index (χ4n) is 6.51. The lowest BCUT2D eigenvalue weighted by atomic mass is 9.53. The van der Waals surface area contributed by atoms with Gasteiger partial charge in [-0.2, -0.15) is 0 Å². The molecule has 5 rings (SSSR count). The van der Waals surface area contributed by atoms with Crippen molar-refractivity contribution in [3.63, 3.8) is 0 Å². The summed E-state index contributed by atoms with van der Waals surface area (Å²) >= 11 is 0. The topological polar surface area (TPSA) is 69.7 Å². The van der Waals surface area contributed by atoms with Crippen LogP contribution < -0.4 is 5.32 Å². The molecule has 0 atom stereocenters. The highest BCUT2D eigenvalue weighted by Crippen LogP contribution is 2.55. The summed E-state index contributed by atoms with van der Waals surface area (Å²) < 4.78 is 24.9. The van der Waals surface area contributed by atoms with Crippen LogP contribution in [0.2, 0.25) is 0 Å². The minimum atomic E-state index is -3.14. The summed E-state index contributed by atoms with van der Waals surface area (Å²) in [5.41, 5.74) is 0.0840. The number of hydrogen-bond acceptors (Lipinski definition) is 4. The maximum Gasteiger partial charge on any atom is 0.234 e. The van der Waals surface area contributed by atoms with E-state index in [9.17, 15) is 13.2 Å². The van der Waals surface area contributed by atoms with E-state index in [4.69, 9.17) is 0 Å². The lowest BCUT2D eigenvalue weighted by Gasteiger charge is -2.57. The molecule has 7 heteroatoms. The van der Waals surface area contributed by atoms with E-state index in [0.29, 0.717) is 6.54 Å². The monoisotopic (exact) mass is 383 g/mol. The Bertz CT molecular complexity index is 620. The molecule has 4 saturated carbocycles. The molecule has 26 heavy (non-hydrogen) atoms. The lowest BCUT2D eigenvalue weighted by molar-refractivity contribution is -0.128. The third-order valence-corrected chi connectivity index (χ3v) is 8.75. The van der Waals surface area contributed by atoms with Gasteiger partial charge in [-0.05, 0) is 69.1 Å². The van der Waals surface area contributed by atoms with Crippen LogP contribution in [0.4, 0.5) is 0 Å². The number of nitrogens with zero attached hydrogens (tertiary/aromatic N) is 2. The maximum absolute atomic E-state index is 12.7. The van der Waals surface area contributed by atoms with Gasteiger partial charge in [0.2, 0.25) is 15.9 Å². The fourth-order valence-corrected chi connectivity index (χ4v) is 7.27. The van der Waals surface area contributed by atoms with Crippen LogP contribution in [0.15, 0.2) is 0 Å². The summed E-state index contributed by atoms with van der Waals surface area (Å²) in [6, 6.07) is 0.0625. The predicted molar refractivity (Wildman–Crippen MR) is 101 cm³/mol. The number of amides is 1. The Labute approximate surface area is 157 Å². The summed E-state index contributed by atoms with van der Waals surface area (Å²) in [6.07, 6.45) is 10.6. The number of hydrogen-bond donors (Lipinski definition) is 1. The fraction of sp³-hybridized carbons (Fsp3) is 0.947. The van der Waals surface area contributed by atoms with Crippen molar-refractivity contribution in [2.45, 2.75) is 62.9 Å². The maximum atomic E-state index is 12.7. The van der Waals surface area contributed by atoms with Gasteiger partial charge in [0, 0.05) is 31.7 Å². The van der Waals surface area contributed by atoms with Crippen LogP contribution in [-0.2, 0) is 14.8 Å². The van der Waals surface area contributed by atoms with Gasteiger partial charge in [-0.25, -0.2) is 12.7 Å². The predicted octanol–water partition coefficient (Wildman–Crippen LogP) is 1.43. The van der Waals surface area contributed by atoms with E-state index in [1.165, 1.54) is 49.1 Å². The van der Waals surface area contributed by atoms with Crippen molar-refractivity contribution in [1.82, 2.24) is 14.5 Å². The molecule has 6 nitrogen and oxygen atoms in total. The van der Waals surface area contributed by atoms with Crippen molar-refractivity contribution in [1.29, 1.82) is 0 Å². The Kier molecular flexibility index (Phi) is 4.85. The molecule has 0 unspecified atom stereocenters. The molecular formula is C19H33N3O3S. The minimum absolute atomic E-state index is 0.0625. The van der Waals surface area contributed by atoms with Crippen molar-refractivity contribution in [2.24, 2.45) is 17.8 Å². The Balaban J connectivity index is 1.27. The zero-order valence-electron chi connectivity index (χ0n) is 16.1. The summed E-state index contributed by atoms with van der Waals surface area (Å²) in [5, 5.41) is 3.44. The molecule has 0 radical (unpaired) electrons.